The Hall–Kier alpha value is -3.85. The Morgan fingerprint density at radius 3 is 2.15 bits per heavy atom. The van der Waals surface area contributed by atoms with Crippen molar-refractivity contribution in [1.82, 2.24) is 4.98 Å². The van der Waals surface area contributed by atoms with E-state index in [4.69, 9.17) is 13.8 Å². The minimum atomic E-state index is -0.000855. The zero-order valence-corrected chi connectivity index (χ0v) is 20.2. The van der Waals surface area contributed by atoms with Crippen molar-refractivity contribution in [1.29, 1.82) is 0 Å². The Balaban J connectivity index is 1.62. The molecule has 0 aliphatic rings. The van der Waals surface area contributed by atoms with Crippen LogP contribution in [0.15, 0.2) is 81.8 Å². The average Bonchev–Trinajstić information content (AvgIpc) is 3.34. The first-order valence-electron chi connectivity index (χ1n) is 11.7. The van der Waals surface area contributed by atoms with Crippen LogP contribution in [0.4, 0.5) is 0 Å². The van der Waals surface area contributed by atoms with E-state index in [1.807, 2.05) is 30.5 Å². The van der Waals surface area contributed by atoms with Crippen LogP contribution < -0.4 is 0 Å². The summed E-state index contributed by atoms with van der Waals surface area (Å²) in [5.74, 6) is 1.56. The minimum Gasteiger partial charge on any atom is -0.452 e. The van der Waals surface area contributed by atoms with Crippen molar-refractivity contribution in [3.8, 4) is 22.8 Å². The van der Waals surface area contributed by atoms with E-state index in [2.05, 4.69) is 77.1 Å². The molecule has 168 valence electrons. The van der Waals surface area contributed by atoms with Gasteiger partial charge in [0.2, 0.25) is 0 Å². The number of hydrogen-bond acceptors (Lipinski definition) is 3. The van der Waals surface area contributed by atoms with Crippen molar-refractivity contribution in [2.75, 3.05) is 0 Å². The fourth-order valence-corrected chi connectivity index (χ4v) is 5.03. The van der Waals surface area contributed by atoms with Gasteiger partial charge in [-0.1, -0.05) is 63.2 Å². The molecule has 0 atom stereocenters. The molecule has 0 N–H and O–H groups in total. The number of pyridine rings is 1. The average molecular weight is 446 g/mol. The number of nitrogens with zero attached hydrogens (tertiary/aromatic N) is 1. The largest absolute Gasteiger partial charge is 0.452 e. The van der Waals surface area contributed by atoms with Crippen LogP contribution in [0.1, 0.15) is 37.5 Å². The van der Waals surface area contributed by atoms with Crippen molar-refractivity contribution >= 4 is 32.7 Å². The zero-order valence-electron chi connectivity index (χ0n) is 20.2. The second-order valence-electron chi connectivity index (χ2n) is 10.1. The summed E-state index contributed by atoms with van der Waals surface area (Å²) in [4.78, 5) is 4.80. The molecular weight excluding hydrogens is 418 g/mol. The SMILES string of the molecule is Cc1c(-c2oc3c(-c4cc(C(C)(C)C)c5ccccc5c4)nccc3c2C)oc2ccccc12. The maximum atomic E-state index is 6.56. The van der Waals surface area contributed by atoms with Crippen LogP contribution in [0.3, 0.4) is 0 Å². The Morgan fingerprint density at radius 1 is 0.706 bits per heavy atom. The van der Waals surface area contributed by atoms with Crippen molar-refractivity contribution in [2.45, 2.75) is 40.0 Å². The Kier molecular flexibility index (Phi) is 4.47. The molecule has 0 fully saturated rings. The monoisotopic (exact) mass is 445 g/mol. The molecule has 3 aromatic heterocycles. The molecule has 3 heterocycles. The van der Waals surface area contributed by atoms with Crippen molar-refractivity contribution in [3.63, 3.8) is 0 Å². The van der Waals surface area contributed by atoms with Crippen LogP contribution >= 0.6 is 0 Å². The lowest BCUT2D eigenvalue weighted by molar-refractivity contribution is 0.565. The molecule has 0 aliphatic heterocycles. The van der Waals surface area contributed by atoms with Crippen LogP contribution in [0.25, 0.3) is 55.5 Å². The first-order chi connectivity index (χ1) is 16.3. The maximum Gasteiger partial charge on any atom is 0.174 e. The van der Waals surface area contributed by atoms with Gasteiger partial charge in [0.05, 0.1) is 0 Å². The number of benzene rings is 3. The molecule has 0 saturated carbocycles. The lowest BCUT2D eigenvalue weighted by atomic mass is 9.82. The second-order valence-corrected chi connectivity index (χ2v) is 10.1. The molecule has 3 heteroatoms. The molecule has 0 saturated heterocycles. The van der Waals surface area contributed by atoms with E-state index >= 15 is 0 Å². The van der Waals surface area contributed by atoms with Gasteiger partial charge in [-0.05, 0) is 59.9 Å². The van der Waals surface area contributed by atoms with Gasteiger partial charge in [0, 0.05) is 33.7 Å². The van der Waals surface area contributed by atoms with Crippen molar-refractivity contribution in [2.24, 2.45) is 0 Å². The maximum absolute atomic E-state index is 6.56. The number of rotatable bonds is 2. The molecule has 6 rings (SSSR count). The van der Waals surface area contributed by atoms with Gasteiger partial charge in [0.1, 0.15) is 11.3 Å². The zero-order chi connectivity index (χ0) is 23.6. The number of furan rings is 2. The summed E-state index contributed by atoms with van der Waals surface area (Å²) >= 11 is 0. The molecule has 6 aromatic rings. The second kappa shape index (κ2) is 7.33. The number of aryl methyl sites for hydroxylation is 2. The third-order valence-corrected chi connectivity index (χ3v) is 6.85. The van der Waals surface area contributed by atoms with Crippen LogP contribution in [-0.2, 0) is 5.41 Å². The molecule has 0 unspecified atom stereocenters. The van der Waals surface area contributed by atoms with Crippen LogP contribution in [0.2, 0.25) is 0 Å². The third kappa shape index (κ3) is 3.07. The first kappa shape index (κ1) is 20.7. The van der Waals surface area contributed by atoms with E-state index in [0.29, 0.717) is 0 Å². The van der Waals surface area contributed by atoms with E-state index < -0.39 is 0 Å². The van der Waals surface area contributed by atoms with Gasteiger partial charge in [0.25, 0.3) is 0 Å². The highest BCUT2D eigenvalue weighted by Gasteiger charge is 2.24. The summed E-state index contributed by atoms with van der Waals surface area (Å²) in [5, 5.41) is 4.66. The quantitative estimate of drug-likeness (QED) is 0.267. The van der Waals surface area contributed by atoms with Gasteiger partial charge in [-0.2, -0.15) is 0 Å². The Labute approximate surface area is 199 Å². The summed E-state index contributed by atoms with van der Waals surface area (Å²) in [7, 11) is 0. The summed E-state index contributed by atoms with van der Waals surface area (Å²) in [5.41, 5.74) is 7.05. The van der Waals surface area contributed by atoms with E-state index in [-0.39, 0.29) is 5.41 Å². The predicted molar refractivity (Wildman–Crippen MR) is 140 cm³/mol. The highest BCUT2D eigenvalue weighted by molar-refractivity contribution is 5.99. The van der Waals surface area contributed by atoms with Gasteiger partial charge in [-0.3, -0.25) is 4.98 Å². The Bertz CT molecular complexity index is 1710. The molecule has 0 aliphatic carbocycles. The summed E-state index contributed by atoms with van der Waals surface area (Å²) in [6, 6.07) is 23.2. The van der Waals surface area contributed by atoms with Gasteiger partial charge < -0.3 is 8.83 Å². The van der Waals surface area contributed by atoms with E-state index in [0.717, 1.165) is 55.8 Å². The minimum absolute atomic E-state index is 0.000855. The molecule has 3 aromatic carbocycles. The predicted octanol–water partition coefficient (Wildman–Crippen LogP) is 8.98. The van der Waals surface area contributed by atoms with E-state index in [9.17, 15) is 0 Å². The van der Waals surface area contributed by atoms with E-state index in [1.165, 1.54) is 16.3 Å². The fourth-order valence-electron chi connectivity index (χ4n) is 5.03. The lowest BCUT2D eigenvalue weighted by Crippen LogP contribution is -2.12. The van der Waals surface area contributed by atoms with Crippen LogP contribution in [0.5, 0.6) is 0 Å². The fraction of sp³-hybridized carbons (Fsp3) is 0.194. The molecule has 3 nitrogen and oxygen atoms in total. The molecule has 0 radical (unpaired) electrons. The highest BCUT2D eigenvalue weighted by Crippen LogP contribution is 2.42. The summed E-state index contributed by atoms with van der Waals surface area (Å²) < 4.78 is 12.8. The van der Waals surface area contributed by atoms with Crippen LogP contribution in [0, 0.1) is 13.8 Å². The number of aromatic nitrogens is 1. The van der Waals surface area contributed by atoms with E-state index in [1.54, 1.807) is 0 Å². The van der Waals surface area contributed by atoms with Gasteiger partial charge in [0.15, 0.2) is 17.1 Å². The summed E-state index contributed by atoms with van der Waals surface area (Å²) in [6.07, 6.45) is 1.88. The lowest BCUT2D eigenvalue weighted by Gasteiger charge is -2.22. The van der Waals surface area contributed by atoms with Gasteiger partial charge >= 0.3 is 0 Å². The first-order valence-corrected chi connectivity index (χ1v) is 11.7. The molecule has 0 bridgehead atoms. The van der Waals surface area contributed by atoms with Gasteiger partial charge in [-0.15, -0.1) is 0 Å². The number of hydrogen-bond donors (Lipinski definition) is 0. The standard InChI is InChI=1S/C31H27NO2/c1-18-22-11-8-9-13-26(22)33-28(18)29-19(2)23-14-15-32-27(30(23)34-29)21-16-20-10-6-7-12-24(20)25(17-21)31(3,4)5/h6-17H,1-5H3. The molecule has 0 amide bonds. The third-order valence-electron chi connectivity index (χ3n) is 6.85. The van der Waals surface area contributed by atoms with Crippen molar-refractivity contribution < 1.29 is 8.83 Å². The normalized spacial score (nSPS) is 12.3. The summed E-state index contributed by atoms with van der Waals surface area (Å²) in [6.45, 7) is 11.0. The number of fused-ring (bicyclic) bond motifs is 3. The highest BCUT2D eigenvalue weighted by atomic mass is 16.4. The molecule has 34 heavy (non-hydrogen) atoms. The van der Waals surface area contributed by atoms with Crippen molar-refractivity contribution in [3.05, 3.63) is 89.6 Å². The molecular formula is C31H27NO2. The Morgan fingerprint density at radius 2 is 1.38 bits per heavy atom. The number of para-hydroxylation sites is 1. The topological polar surface area (TPSA) is 39.2 Å². The van der Waals surface area contributed by atoms with Crippen LogP contribution in [-0.4, -0.2) is 4.98 Å². The van der Waals surface area contributed by atoms with Gasteiger partial charge in [-0.25, -0.2) is 0 Å². The molecule has 0 spiro atoms. The smallest absolute Gasteiger partial charge is 0.174 e.